The van der Waals surface area contributed by atoms with Crippen LogP contribution in [0.2, 0.25) is 0 Å². The number of hydrogen-bond acceptors (Lipinski definition) is 5. The van der Waals surface area contributed by atoms with Crippen molar-refractivity contribution in [3.05, 3.63) is 144 Å². The van der Waals surface area contributed by atoms with Crippen LogP contribution in [0.1, 0.15) is 41.7 Å². The molecule has 6 rings (SSSR count). The summed E-state index contributed by atoms with van der Waals surface area (Å²) in [5.41, 5.74) is 4.03. The average Bonchev–Trinajstić information content (AvgIpc) is 3.04. The highest BCUT2D eigenvalue weighted by Crippen LogP contribution is 2.43. The SMILES string of the molecule is CC1OC(c2ccc3c(OCc4ccccc4)cccc3c2O)CC(OCc2ccccc2)[C@H]1OCc1ccccc1. The fraction of sp³-hybridized carbons (Fsp3) is 0.243. The van der Waals surface area contributed by atoms with E-state index < -0.39 is 0 Å². The Morgan fingerprint density at radius 1 is 0.643 bits per heavy atom. The van der Waals surface area contributed by atoms with Gasteiger partial charge in [-0.25, -0.2) is 0 Å². The van der Waals surface area contributed by atoms with Crippen molar-refractivity contribution in [3.8, 4) is 11.5 Å². The van der Waals surface area contributed by atoms with Crippen LogP contribution < -0.4 is 4.74 Å². The molecular formula is C37H36O5. The summed E-state index contributed by atoms with van der Waals surface area (Å²) in [5.74, 6) is 0.940. The largest absolute Gasteiger partial charge is 0.507 e. The van der Waals surface area contributed by atoms with Crippen molar-refractivity contribution in [1.29, 1.82) is 0 Å². The number of ether oxygens (including phenoxy) is 4. The molecule has 4 atom stereocenters. The van der Waals surface area contributed by atoms with E-state index >= 15 is 0 Å². The molecule has 5 nitrogen and oxygen atoms in total. The molecule has 1 aliphatic heterocycles. The molecule has 0 amide bonds. The lowest BCUT2D eigenvalue weighted by Crippen LogP contribution is -2.47. The van der Waals surface area contributed by atoms with Gasteiger partial charge in [-0.1, -0.05) is 115 Å². The highest BCUT2D eigenvalue weighted by Gasteiger charge is 2.39. The molecule has 1 N–H and O–H groups in total. The predicted molar refractivity (Wildman–Crippen MR) is 164 cm³/mol. The third-order valence-electron chi connectivity index (χ3n) is 7.85. The predicted octanol–water partition coefficient (Wildman–Crippen LogP) is 8.15. The van der Waals surface area contributed by atoms with Crippen LogP contribution in [0.25, 0.3) is 10.8 Å². The average molecular weight is 561 g/mol. The molecule has 5 aromatic rings. The van der Waals surface area contributed by atoms with Gasteiger partial charge in [0.1, 0.15) is 24.2 Å². The summed E-state index contributed by atoms with van der Waals surface area (Å²) in [7, 11) is 0. The minimum atomic E-state index is -0.351. The number of phenolic OH excluding ortho intramolecular Hbond substituents is 1. The molecule has 0 radical (unpaired) electrons. The van der Waals surface area contributed by atoms with Gasteiger partial charge in [-0.3, -0.25) is 0 Å². The Balaban J connectivity index is 1.23. The van der Waals surface area contributed by atoms with Crippen LogP contribution in [0.4, 0.5) is 0 Å². The van der Waals surface area contributed by atoms with Gasteiger partial charge in [0.05, 0.1) is 31.5 Å². The molecule has 0 spiro atoms. The third-order valence-corrected chi connectivity index (χ3v) is 7.85. The van der Waals surface area contributed by atoms with E-state index in [0.717, 1.165) is 38.8 Å². The maximum Gasteiger partial charge on any atom is 0.129 e. The van der Waals surface area contributed by atoms with Gasteiger partial charge in [0.15, 0.2) is 0 Å². The van der Waals surface area contributed by atoms with Crippen molar-refractivity contribution in [2.24, 2.45) is 0 Å². The highest BCUT2D eigenvalue weighted by molar-refractivity contribution is 5.94. The van der Waals surface area contributed by atoms with Crippen LogP contribution in [0, 0.1) is 0 Å². The maximum absolute atomic E-state index is 11.5. The molecule has 0 aromatic heterocycles. The number of aromatic hydroxyl groups is 1. The Labute approximate surface area is 247 Å². The molecule has 1 heterocycles. The van der Waals surface area contributed by atoms with Gasteiger partial charge in [-0.2, -0.15) is 0 Å². The summed E-state index contributed by atoms with van der Waals surface area (Å²) >= 11 is 0. The lowest BCUT2D eigenvalue weighted by atomic mass is 9.92. The number of fused-ring (bicyclic) bond motifs is 1. The number of hydrogen-bond donors (Lipinski definition) is 1. The quantitative estimate of drug-likeness (QED) is 0.187. The molecule has 0 saturated carbocycles. The molecule has 0 aliphatic carbocycles. The van der Waals surface area contributed by atoms with Gasteiger partial charge < -0.3 is 24.1 Å². The topological polar surface area (TPSA) is 57.2 Å². The first-order chi connectivity index (χ1) is 20.7. The van der Waals surface area contributed by atoms with Crippen molar-refractivity contribution in [3.63, 3.8) is 0 Å². The molecule has 0 bridgehead atoms. The van der Waals surface area contributed by atoms with E-state index in [0.29, 0.717) is 26.2 Å². The molecule has 1 aliphatic rings. The van der Waals surface area contributed by atoms with Gasteiger partial charge in [-0.05, 0) is 29.7 Å². The van der Waals surface area contributed by atoms with Crippen LogP contribution in [0.5, 0.6) is 11.5 Å². The van der Waals surface area contributed by atoms with E-state index in [1.54, 1.807) is 0 Å². The number of benzene rings is 5. The van der Waals surface area contributed by atoms with Crippen molar-refractivity contribution in [2.75, 3.05) is 0 Å². The Hall–Kier alpha value is -4.16. The van der Waals surface area contributed by atoms with Crippen molar-refractivity contribution in [2.45, 2.75) is 57.6 Å². The van der Waals surface area contributed by atoms with Crippen LogP contribution >= 0.6 is 0 Å². The van der Waals surface area contributed by atoms with E-state index in [2.05, 4.69) is 24.3 Å². The molecule has 42 heavy (non-hydrogen) atoms. The van der Waals surface area contributed by atoms with Gasteiger partial charge in [-0.15, -0.1) is 0 Å². The van der Waals surface area contributed by atoms with E-state index in [1.165, 1.54) is 0 Å². The Morgan fingerprint density at radius 2 is 1.24 bits per heavy atom. The lowest BCUT2D eigenvalue weighted by Gasteiger charge is -2.40. The molecule has 3 unspecified atom stereocenters. The second kappa shape index (κ2) is 13.2. The Bertz CT molecular complexity index is 1570. The van der Waals surface area contributed by atoms with Gasteiger partial charge in [0.2, 0.25) is 0 Å². The fourth-order valence-corrected chi connectivity index (χ4v) is 5.64. The molecule has 1 saturated heterocycles. The highest BCUT2D eigenvalue weighted by atomic mass is 16.6. The number of phenols is 1. The monoisotopic (exact) mass is 560 g/mol. The summed E-state index contributed by atoms with van der Waals surface area (Å²) in [6.07, 6.45) is -0.525. The van der Waals surface area contributed by atoms with Crippen molar-refractivity contribution in [1.82, 2.24) is 0 Å². The van der Waals surface area contributed by atoms with E-state index in [-0.39, 0.29) is 30.2 Å². The standard InChI is InChI=1S/C37H36O5/c1-26-37(41-25-29-16-9-4-10-17-29)35(40-24-28-14-7-3-8-15-28)22-34(42-26)32-21-20-30-31(36(32)38)18-11-19-33(30)39-23-27-12-5-2-6-13-27/h2-21,26,34-35,37-38H,22-25H2,1H3/t26?,34?,35?,37-/m0/s1. The lowest BCUT2D eigenvalue weighted by molar-refractivity contribution is -0.204. The smallest absolute Gasteiger partial charge is 0.129 e. The first-order valence-corrected chi connectivity index (χ1v) is 14.5. The summed E-state index contributed by atoms with van der Waals surface area (Å²) in [4.78, 5) is 0. The Morgan fingerprint density at radius 3 is 1.88 bits per heavy atom. The van der Waals surface area contributed by atoms with Crippen LogP contribution in [-0.4, -0.2) is 23.4 Å². The molecule has 214 valence electrons. The van der Waals surface area contributed by atoms with Crippen LogP contribution in [-0.2, 0) is 34.0 Å². The molecular weight excluding hydrogens is 524 g/mol. The van der Waals surface area contributed by atoms with Gasteiger partial charge >= 0.3 is 0 Å². The number of rotatable bonds is 10. The van der Waals surface area contributed by atoms with E-state index in [9.17, 15) is 5.11 Å². The summed E-state index contributed by atoms with van der Waals surface area (Å²) in [6.45, 7) is 3.43. The van der Waals surface area contributed by atoms with Crippen molar-refractivity contribution >= 4 is 10.8 Å². The molecule has 5 heteroatoms. The summed E-state index contributed by atoms with van der Waals surface area (Å²) in [6, 6.07) is 40.1. The van der Waals surface area contributed by atoms with Crippen molar-refractivity contribution < 1.29 is 24.1 Å². The fourth-order valence-electron chi connectivity index (χ4n) is 5.64. The second-order valence-electron chi connectivity index (χ2n) is 10.8. The van der Waals surface area contributed by atoms with Gasteiger partial charge in [0.25, 0.3) is 0 Å². The minimum absolute atomic E-state index is 0.209. The van der Waals surface area contributed by atoms with E-state index in [4.69, 9.17) is 18.9 Å². The molecule has 5 aromatic carbocycles. The van der Waals surface area contributed by atoms with E-state index in [1.807, 2.05) is 104 Å². The first kappa shape index (κ1) is 28.0. The Kier molecular flexibility index (Phi) is 8.80. The second-order valence-corrected chi connectivity index (χ2v) is 10.8. The summed E-state index contributed by atoms with van der Waals surface area (Å²) in [5, 5.41) is 13.1. The first-order valence-electron chi connectivity index (χ1n) is 14.5. The normalized spacial score (nSPS) is 20.4. The molecule has 1 fully saturated rings. The zero-order valence-electron chi connectivity index (χ0n) is 23.8. The zero-order chi connectivity index (χ0) is 28.7. The van der Waals surface area contributed by atoms with Crippen LogP contribution in [0.3, 0.4) is 0 Å². The summed E-state index contributed by atoms with van der Waals surface area (Å²) < 4.78 is 25.6. The zero-order valence-corrected chi connectivity index (χ0v) is 23.8. The third kappa shape index (κ3) is 6.50. The van der Waals surface area contributed by atoms with Gasteiger partial charge in [0, 0.05) is 22.8 Å². The maximum atomic E-state index is 11.5. The van der Waals surface area contributed by atoms with Crippen LogP contribution in [0.15, 0.2) is 121 Å². The minimum Gasteiger partial charge on any atom is -0.507 e.